The molecule has 82 heavy (non-hydrogen) atoms. The molecule has 1 atom stereocenters. The van der Waals surface area contributed by atoms with Crippen molar-refractivity contribution >= 4 is 17.9 Å². The Morgan fingerprint density at radius 2 is 0.476 bits per heavy atom. The molecule has 0 aromatic carbocycles. The quantitative estimate of drug-likeness (QED) is 0.0261. The zero-order valence-corrected chi connectivity index (χ0v) is 54.8. The summed E-state index contributed by atoms with van der Waals surface area (Å²) in [5.41, 5.74) is 0. The highest BCUT2D eigenvalue weighted by Gasteiger charge is 2.19. The minimum absolute atomic E-state index is 0.0805. The largest absolute Gasteiger partial charge is 0.462 e. The van der Waals surface area contributed by atoms with Crippen LogP contribution in [0.15, 0.2) is 72.9 Å². The molecule has 1 unspecified atom stereocenters. The van der Waals surface area contributed by atoms with Gasteiger partial charge in [-0.15, -0.1) is 0 Å². The smallest absolute Gasteiger partial charge is 0.306 e. The van der Waals surface area contributed by atoms with Crippen LogP contribution in [-0.4, -0.2) is 37.2 Å². The summed E-state index contributed by atoms with van der Waals surface area (Å²) in [4.78, 5) is 38.4. The number of unbranched alkanes of at least 4 members (excludes halogenated alkanes) is 43. The molecule has 0 fully saturated rings. The second kappa shape index (κ2) is 70.3. The minimum atomic E-state index is -0.786. The summed E-state index contributed by atoms with van der Waals surface area (Å²) in [6.07, 6.45) is 92.3. The minimum Gasteiger partial charge on any atom is -0.462 e. The van der Waals surface area contributed by atoms with Crippen LogP contribution in [0.5, 0.6) is 0 Å². The van der Waals surface area contributed by atoms with Crippen LogP contribution in [0, 0.1) is 0 Å². The second-order valence-corrected chi connectivity index (χ2v) is 24.1. The number of hydrogen-bond donors (Lipinski definition) is 0. The van der Waals surface area contributed by atoms with Gasteiger partial charge in [0.1, 0.15) is 13.2 Å². The molecule has 0 bridgehead atoms. The van der Waals surface area contributed by atoms with Crippen LogP contribution in [0.25, 0.3) is 0 Å². The molecule has 6 nitrogen and oxygen atoms in total. The fraction of sp³-hybridized carbons (Fsp3) is 0.803. The molecule has 0 aromatic heterocycles. The lowest BCUT2D eigenvalue weighted by Gasteiger charge is -2.18. The lowest BCUT2D eigenvalue weighted by atomic mass is 10.0. The maximum atomic E-state index is 12.9. The van der Waals surface area contributed by atoms with Gasteiger partial charge in [0, 0.05) is 19.3 Å². The van der Waals surface area contributed by atoms with Gasteiger partial charge in [-0.3, -0.25) is 14.4 Å². The van der Waals surface area contributed by atoms with E-state index >= 15 is 0 Å². The van der Waals surface area contributed by atoms with Crippen LogP contribution in [0.2, 0.25) is 0 Å². The van der Waals surface area contributed by atoms with E-state index in [1.807, 2.05) is 0 Å². The monoisotopic (exact) mass is 1150 g/mol. The third-order valence-corrected chi connectivity index (χ3v) is 15.9. The normalized spacial score (nSPS) is 12.5. The zero-order valence-electron chi connectivity index (χ0n) is 54.8. The van der Waals surface area contributed by atoms with E-state index < -0.39 is 6.10 Å². The van der Waals surface area contributed by atoms with Gasteiger partial charge in [0.2, 0.25) is 0 Å². The van der Waals surface area contributed by atoms with Gasteiger partial charge in [0.15, 0.2) is 6.10 Å². The van der Waals surface area contributed by atoms with Crippen LogP contribution in [-0.2, 0) is 28.6 Å². The number of esters is 3. The van der Waals surface area contributed by atoms with Gasteiger partial charge >= 0.3 is 17.9 Å². The summed E-state index contributed by atoms with van der Waals surface area (Å²) in [6.45, 7) is 6.55. The number of rotatable bonds is 66. The van der Waals surface area contributed by atoms with Crippen molar-refractivity contribution in [1.82, 2.24) is 0 Å². The maximum Gasteiger partial charge on any atom is 0.306 e. The first-order chi connectivity index (χ1) is 40.5. The van der Waals surface area contributed by atoms with Crippen molar-refractivity contribution in [2.24, 2.45) is 0 Å². The fourth-order valence-electron chi connectivity index (χ4n) is 10.6. The second-order valence-electron chi connectivity index (χ2n) is 24.1. The van der Waals surface area contributed by atoms with Gasteiger partial charge in [-0.05, 0) is 89.9 Å². The molecular weight excluding hydrogens is 1010 g/mol. The van der Waals surface area contributed by atoms with E-state index in [0.29, 0.717) is 19.3 Å². The summed E-state index contributed by atoms with van der Waals surface area (Å²) < 4.78 is 17.0. The van der Waals surface area contributed by atoms with Gasteiger partial charge in [-0.1, -0.05) is 338 Å². The Bertz CT molecular complexity index is 1500. The van der Waals surface area contributed by atoms with Gasteiger partial charge in [0.05, 0.1) is 0 Å². The van der Waals surface area contributed by atoms with Crippen LogP contribution in [0.1, 0.15) is 374 Å². The van der Waals surface area contributed by atoms with E-state index in [0.717, 1.165) is 103 Å². The lowest BCUT2D eigenvalue weighted by Crippen LogP contribution is -2.30. The standard InChI is InChI=1S/C76H136O6/c1-4-7-10-13-16-19-22-25-28-30-31-32-33-34-35-36-37-38-39-40-41-42-43-44-45-47-48-51-54-57-60-63-66-69-75(78)81-72-73(71-80-74(77)68-65-62-59-56-53-50-27-24-21-18-15-12-9-6-3)82-76(79)70-67-64-61-58-55-52-49-46-29-26-23-20-17-14-11-8-5-2/h8,11,17,20,22,25-26,29-31,49,52,73H,4-7,9-10,12-16,18-19,21,23-24,27-28,32-48,50-51,53-72H2,1-3H3/b11-8-,20-17-,25-22-,29-26-,31-30-,52-49-. The molecule has 0 saturated heterocycles. The number of ether oxygens (including phenoxy) is 3. The molecule has 0 N–H and O–H groups in total. The average Bonchev–Trinajstić information content (AvgIpc) is 3.48. The van der Waals surface area contributed by atoms with Gasteiger partial charge in [0.25, 0.3) is 0 Å². The zero-order chi connectivity index (χ0) is 59.2. The van der Waals surface area contributed by atoms with Gasteiger partial charge < -0.3 is 14.2 Å². The first-order valence-electron chi connectivity index (χ1n) is 35.9. The van der Waals surface area contributed by atoms with Crippen LogP contribution >= 0.6 is 0 Å². The molecule has 0 radical (unpaired) electrons. The van der Waals surface area contributed by atoms with Crippen LogP contribution in [0.4, 0.5) is 0 Å². The van der Waals surface area contributed by atoms with Crippen molar-refractivity contribution < 1.29 is 28.6 Å². The molecule has 0 heterocycles. The Balaban J connectivity index is 4.16. The molecule has 0 aliphatic carbocycles. The highest BCUT2D eigenvalue weighted by Crippen LogP contribution is 2.18. The molecule has 476 valence electrons. The van der Waals surface area contributed by atoms with E-state index in [1.54, 1.807) is 0 Å². The number of hydrogen-bond acceptors (Lipinski definition) is 6. The van der Waals surface area contributed by atoms with Gasteiger partial charge in [-0.2, -0.15) is 0 Å². The Morgan fingerprint density at radius 3 is 0.744 bits per heavy atom. The maximum absolute atomic E-state index is 12.9. The fourth-order valence-corrected chi connectivity index (χ4v) is 10.6. The Hall–Kier alpha value is -3.15. The van der Waals surface area contributed by atoms with Crippen molar-refractivity contribution in [3.63, 3.8) is 0 Å². The van der Waals surface area contributed by atoms with Crippen molar-refractivity contribution in [3.8, 4) is 0 Å². The molecule has 0 aromatic rings. The van der Waals surface area contributed by atoms with E-state index in [9.17, 15) is 14.4 Å². The van der Waals surface area contributed by atoms with E-state index in [2.05, 4.69) is 93.7 Å². The molecule has 0 aliphatic rings. The SMILES string of the molecule is CC/C=C\C/C=C\C/C=C\C/C=C\CCCCCCC(=O)OC(COC(=O)CCCCCCCCCCCCCCCC)COC(=O)CCCCCCCCCCCCCCCCCCCCCCC/C=C\C/C=C\CCCCCCC. The van der Waals surface area contributed by atoms with Gasteiger partial charge in [-0.25, -0.2) is 0 Å². The van der Waals surface area contributed by atoms with E-state index in [1.165, 1.54) is 231 Å². The van der Waals surface area contributed by atoms with Crippen molar-refractivity contribution in [1.29, 1.82) is 0 Å². The summed E-state index contributed by atoms with van der Waals surface area (Å²) in [7, 11) is 0. The Labute approximate surface area is 510 Å². The summed E-state index contributed by atoms with van der Waals surface area (Å²) in [5.74, 6) is -0.882. The highest BCUT2D eigenvalue weighted by molar-refractivity contribution is 5.71. The third kappa shape index (κ3) is 67.6. The summed E-state index contributed by atoms with van der Waals surface area (Å²) in [6, 6.07) is 0. The Kier molecular flexibility index (Phi) is 67.6. The highest BCUT2D eigenvalue weighted by atomic mass is 16.6. The predicted molar refractivity (Wildman–Crippen MR) is 358 cm³/mol. The van der Waals surface area contributed by atoms with E-state index in [-0.39, 0.29) is 31.1 Å². The topological polar surface area (TPSA) is 78.9 Å². The number of allylic oxidation sites excluding steroid dienone is 12. The first-order valence-corrected chi connectivity index (χ1v) is 35.9. The number of carbonyl (C=O) groups excluding carboxylic acids is 3. The third-order valence-electron chi connectivity index (χ3n) is 15.9. The summed E-state index contributed by atoms with van der Waals surface area (Å²) in [5, 5.41) is 0. The Morgan fingerprint density at radius 1 is 0.256 bits per heavy atom. The van der Waals surface area contributed by atoms with Crippen molar-refractivity contribution in [3.05, 3.63) is 72.9 Å². The van der Waals surface area contributed by atoms with Crippen molar-refractivity contribution in [2.45, 2.75) is 380 Å². The predicted octanol–water partition coefficient (Wildman–Crippen LogP) is 24.8. The molecular formula is C76H136O6. The molecule has 0 rings (SSSR count). The molecule has 0 aliphatic heterocycles. The molecule has 0 amide bonds. The summed E-state index contributed by atoms with van der Waals surface area (Å²) >= 11 is 0. The number of carbonyl (C=O) groups is 3. The molecule has 6 heteroatoms. The average molecular weight is 1150 g/mol. The van der Waals surface area contributed by atoms with Crippen LogP contribution in [0.3, 0.4) is 0 Å². The van der Waals surface area contributed by atoms with E-state index in [4.69, 9.17) is 14.2 Å². The van der Waals surface area contributed by atoms with Crippen LogP contribution < -0.4 is 0 Å². The molecule has 0 saturated carbocycles. The lowest BCUT2D eigenvalue weighted by molar-refractivity contribution is -0.167. The van der Waals surface area contributed by atoms with Crippen molar-refractivity contribution in [2.75, 3.05) is 13.2 Å². The first kappa shape index (κ1) is 78.8. The molecule has 0 spiro atoms.